The molecular formula is C14H23N3. The van der Waals surface area contributed by atoms with Crippen LogP contribution in [0.15, 0.2) is 24.8 Å². The van der Waals surface area contributed by atoms with Gasteiger partial charge in [-0.2, -0.15) is 0 Å². The number of likely N-dealkylation sites (N-methyl/N-ethyl adjacent to an activating group) is 1. The first-order valence-corrected chi connectivity index (χ1v) is 6.06. The topological polar surface area (TPSA) is 28.2 Å². The normalized spacial score (nSPS) is 10.6. The third-order valence-corrected chi connectivity index (χ3v) is 2.51. The van der Waals surface area contributed by atoms with E-state index in [0.717, 1.165) is 24.6 Å². The van der Waals surface area contributed by atoms with Crippen LogP contribution in [0.3, 0.4) is 0 Å². The average Bonchev–Trinajstić information content (AvgIpc) is 2.26. The number of rotatable bonds is 6. The number of aromatic nitrogens is 1. The molecule has 1 aromatic heterocycles. The van der Waals surface area contributed by atoms with Crippen LogP contribution in [-0.4, -0.2) is 24.6 Å². The van der Waals surface area contributed by atoms with Crippen molar-refractivity contribution in [2.45, 2.75) is 33.4 Å². The van der Waals surface area contributed by atoms with E-state index in [-0.39, 0.29) is 0 Å². The van der Waals surface area contributed by atoms with Gasteiger partial charge < -0.3 is 10.2 Å². The molecule has 0 bridgehead atoms. The lowest BCUT2D eigenvalue weighted by Crippen LogP contribution is -2.23. The van der Waals surface area contributed by atoms with Crippen LogP contribution in [0.2, 0.25) is 0 Å². The van der Waals surface area contributed by atoms with Crippen LogP contribution in [-0.2, 0) is 6.54 Å². The van der Waals surface area contributed by atoms with Crippen LogP contribution >= 0.6 is 0 Å². The monoisotopic (exact) mass is 233 g/mol. The van der Waals surface area contributed by atoms with Crippen LogP contribution in [0.25, 0.3) is 0 Å². The van der Waals surface area contributed by atoms with E-state index in [1.54, 1.807) is 0 Å². The summed E-state index contributed by atoms with van der Waals surface area (Å²) in [5.74, 6) is 1.01. The molecule has 3 nitrogen and oxygen atoms in total. The SMILES string of the molecule is C=CCN(C)c1cc(CNC(C)C)cc(C)n1. The van der Waals surface area contributed by atoms with Crippen molar-refractivity contribution in [1.82, 2.24) is 10.3 Å². The summed E-state index contributed by atoms with van der Waals surface area (Å²) in [4.78, 5) is 6.63. The fraction of sp³-hybridized carbons (Fsp3) is 0.500. The molecule has 0 aliphatic rings. The lowest BCUT2D eigenvalue weighted by atomic mass is 10.2. The predicted octanol–water partition coefficient (Wildman–Crippen LogP) is 2.51. The van der Waals surface area contributed by atoms with Gasteiger partial charge in [-0.15, -0.1) is 6.58 Å². The summed E-state index contributed by atoms with van der Waals surface area (Å²) in [6.45, 7) is 11.8. The molecule has 0 amide bonds. The van der Waals surface area contributed by atoms with Gasteiger partial charge in [0.2, 0.25) is 0 Å². The molecule has 0 spiro atoms. The minimum Gasteiger partial charge on any atom is -0.356 e. The van der Waals surface area contributed by atoms with Crippen LogP contribution in [0, 0.1) is 6.92 Å². The lowest BCUT2D eigenvalue weighted by Gasteiger charge is -2.18. The Hall–Kier alpha value is -1.35. The Labute approximate surface area is 105 Å². The van der Waals surface area contributed by atoms with Gasteiger partial charge in [-0.25, -0.2) is 4.98 Å². The van der Waals surface area contributed by atoms with Crippen LogP contribution in [0.5, 0.6) is 0 Å². The van der Waals surface area contributed by atoms with E-state index >= 15 is 0 Å². The molecule has 0 fully saturated rings. The number of hydrogen-bond donors (Lipinski definition) is 1. The quantitative estimate of drug-likeness (QED) is 0.765. The maximum absolute atomic E-state index is 4.53. The molecule has 94 valence electrons. The fourth-order valence-electron chi connectivity index (χ4n) is 1.63. The number of pyridine rings is 1. The second-order valence-corrected chi connectivity index (χ2v) is 4.68. The zero-order chi connectivity index (χ0) is 12.8. The molecule has 0 aromatic carbocycles. The van der Waals surface area contributed by atoms with E-state index < -0.39 is 0 Å². The van der Waals surface area contributed by atoms with Crippen molar-refractivity contribution in [3.63, 3.8) is 0 Å². The van der Waals surface area contributed by atoms with Crippen LogP contribution < -0.4 is 10.2 Å². The van der Waals surface area contributed by atoms with Gasteiger partial charge in [0.1, 0.15) is 5.82 Å². The summed E-state index contributed by atoms with van der Waals surface area (Å²) < 4.78 is 0. The standard InChI is InChI=1S/C14H23N3/c1-6-7-17(5)14-9-13(8-12(4)16-14)10-15-11(2)3/h6,8-9,11,15H,1,7,10H2,2-5H3. The van der Waals surface area contributed by atoms with Crippen molar-refractivity contribution in [3.05, 3.63) is 36.0 Å². The lowest BCUT2D eigenvalue weighted by molar-refractivity contribution is 0.588. The molecule has 1 N–H and O–H groups in total. The van der Waals surface area contributed by atoms with Crippen molar-refractivity contribution >= 4 is 5.82 Å². The highest BCUT2D eigenvalue weighted by Crippen LogP contribution is 2.13. The van der Waals surface area contributed by atoms with Crippen molar-refractivity contribution in [3.8, 4) is 0 Å². The van der Waals surface area contributed by atoms with E-state index in [4.69, 9.17) is 0 Å². The van der Waals surface area contributed by atoms with E-state index in [2.05, 4.69) is 47.8 Å². The Morgan fingerprint density at radius 3 is 2.76 bits per heavy atom. The van der Waals surface area contributed by atoms with Crippen molar-refractivity contribution in [1.29, 1.82) is 0 Å². The van der Waals surface area contributed by atoms with Gasteiger partial charge in [-0.3, -0.25) is 0 Å². The molecule has 0 radical (unpaired) electrons. The van der Waals surface area contributed by atoms with E-state index in [9.17, 15) is 0 Å². The summed E-state index contributed by atoms with van der Waals surface area (Å²) >= 11 is 0. The van der Waals surface area contributed by atoms with E-state index in [1.807, 2.05) is 20.0 Å². The summed E-state index contributed by atoms with van der Waals surface area (Å²) in [7, 11) is 2.03. The zero-order valence-corrected chi connectivity index (χ0v) is 11.3. The minimum absolute atomic E-state index is 0.498. The largest absolute Gasteiger partial charge is 0.356 e. The Kier molecular flexibility index (Phi) is 5.16. The average molecular weight is 233 g/mol. The summed E-state index contributed by atoms with van der Waals surface area (Å²) in [6.07, 6.45) is 1.88. The molecule has 1 rings (SSSR count). The van der Waals surface area contributed by atoms with Gasteiger partial charge in [-0.1, -0.05) is 19.9 Å². The number of aryl methyl sites for hydroxylation is 1. The predicted molar refractivity (Wildman–Crippen MR) is 74.4 cm³/mol. The Morgan fingerprint density at radius 2 is 2.18 bits per heavy atom. The van der Waals surface area contributed by atoms with Gasteiger partial charge in [0.05, 0.1) is 0 Å². The van der Waals surface area contributed by atoms with E-state index in [0.29, 0.717) is 6.04 Å². The Balaban J connectivity index is 2.82. The fourth-order valence-corrected chi connectivity index (χ4v) is 1.63. The molecule has 0 aliphatic heterocycles. The first-order valence-electron chi connectivity index (χ1n) is 6.06. The first-order chi connectivity index (χ1) is 8.02. The Bertz CT molecular complexity index is 372. The summed E-state index contributed by atoms with van der Waals surface area (Å²) in [5, 5.41) is 3.42. The molecule has 17 heavy (non-hydrogen) atoms. The highest BCUT2D eigenvalue weighted by Gasteiger charge is 2.04. The maximum Gasteiger partial charge on any atom is 0.129 e. The molecule has 0 saturated carbocycles. The number of hydrogen-bond acceptors (Lipinski definition) is 3. The number of nitrogens with zero attached hydrogens (tertiary/aromatic N) is 2. The molecule has 0 saturated heterocycles. The van der Waals surface area contributed by atoms with Gasteiger partial charge in [0.15, 0.2) is 0 Å². The molecule has 3 heteroatoms. The zero-order valence-electron chi connectivity index (χ0n) is 11.3. The van der Waals surface area contributed by atoms with Gasteiger partial charge >= 0.3 is 0 Å². The molecule has 0 aliphatic carbocycles. The molecule has 1 aromatic rings. The van der Waals surface area contributed by atoms with Gasteiger partial charge in [0.25, 0.3) is 0 Å². The molecule has 0 atom stereocenters. The highest BCUT2D eigenvalue weighted by molar-refractivity contribution is 5.42. The van der Waals surface area contributed by atoms with Gasteiger partial charge in [0, 0.05) is 31.9 Å². The van der Waals surface area contributed by atoms with Crippen LogP contribution in [0.1, 0.15) is 25.1 Å². The van der Waals surface area contributed by atoms with Crippen molar-refractivity contribution < 1.29 is 0 Å². The maximum atomic E-state index is 4.53. The molecule has 0 unspecified atom stereocenters. The number of anilines is 1. The highest BCUT2D eigenvalue weighted by atomic mass is 15.2. The third kappa shape index (κ3) is 4.57. The second kappa shape index (κ2) is 6.40. The molecule has 1 heterocycles. The minimum atomic E-state index is 0.498. The smallest absolute Gasteiger partial charge is 0.129 e. The van der Waals surface area contributed by atoms with Crippen molar-refractivity contribution in [2.24, 2.45) is 0 Å². The van der Waals surface area contributed by atoms with Crippen molar-refractivity contribution in [2.75, 3.05) is 18.5 Å². The summed E-state index contributed by atoms with van der Waals surface area (Å²) in [5.41, 5.74) is 2.33. The van der Waals surface area contributed by atoms with Crippen LogP contribution in [0.4, 0.5) is 5.82 Å². The third-order valence-electron chi connectivity index (χ3n) is 2.51. The summed E-state index contributed by atoms with van der Waals surface area (Å²) in [6, 6.07) is 4.75. The van der Waals surface area contributed by atoms with E-state index in [1.165, 1.54) is 5.56 Å². The number of nitrogens with one attached hydrogen (secondary N) is 1. The van der Waals surface area contributed by atoms with Gasteiger partial charge in [-0.05, 0) is 24.6 Å². The Morgan fingerprint density at radius 1 is 1.47 bits per heavy atom. The first kappa shape index (κ1) is 13.7. The second-order valence-electron chi connectivity index (χ2n) is 4.68. The molecular weight excluding hydrogens is 210 g/mol.